The molecule has 1 unspecified atom stereocenters. The number of aliphatic imine (C=N–C) groups is 1. The van der Waals surface area contributed by atoms with Crippen molar-refractivity contribution in [3.05, 3.63) is 47.3 Å². The predicted octanol–water partition coefficient (Wildman–Crippen LogP) is 2.74. The van der Waals surface area contributed by atoms with E-state index < -0.39 is 0 Å². The standard InChI is InChI=1S/C22H33N5O2/c1-4-23-22(24-12-8-13-29-20-11-14-28-16-20)25-15-21-17(2)26-27(18(21)3)19-9-6-5-7-10-19/h5-7,9-10,20H,4,8,11-16H2,1-3H3,(H2,23,24,25). The number of hydrogen-bond acceptors (Lipinski definition) is 4. The number of ether oxygens (including phenoxy) is 2. The SMILES string of the molecule is CCNC(=NCc1c(C)nn(-c2ccccc2)c1C)NCCCOC1CCOC1. The highest BCUT2D eigenvalue weighted by molar-refractivity contribution is 5.79. The van der Waals surface area contributed by atoms with Crippen LogP contribution in [0.3, 0.4) is 0 Å². The molecule has 1 aromatic heterocycles. The zero-order valence-electron chi connectivity index (χ0n) is 17.8. The summed E-state index contributed by atoms with van der Waals surface area (Å²) in [6.45, 7) is 10.7. The Hall–Kier alpha value is -2.38. The number of para-hydroxylation sites is 1. The van der Waals surface area contributed by atoms with E-state index >= 15 is 0 Å². The highest BCUT2D eigenvalue weighted by Crippen LogP contribution is 2.18. The van der Waals surface area contributed by atoms with Crippen molar-refractivity contribution in [2.24, 2.45) is 4.99 Å². The number of nitrogens with one attached hydrogen (secondary N) is 2. The molecule has 1 atom stereocenters. The largest absolute Gasteiger partial charge is 0.379 e. The number of hydrogen-bond donors (Lipinski definition) is 2. The van der Waals surface area contributed by atoms with Crippen LogP contribution in [0.2, 0.25) is 0 Å². The van der Waals surface area contributed by atoms with Crippen LogP contribution in [0.4, 0.5) is 0 Å². The van der Waals surface area contributed by atoms with Gasteiger partial charge in [-0.15, -0.1) is 0 Å². The molecule has 0 aliphatic carbocycles. The molecule has 2 aromatic rings. The summed E-state index contributed by atoms with van der Waals surface area (Å²) in [4.78, 5) is 4.77. The van der Waals surface area contributed by atoms with E-state index in [9.17, 15) is 0 Å². The molecule has 0 saturated carbocycles. The average Bonchev–Trinajstić information content (AvgIpc) is 3.35. The second-order valence-electron chi connectivity index (χ2n) is 7.23. The Morgan fingerprint density at radius 2 is 2.10 bits per heavy atom. The molecule has 0 amide bonds. The molecule has 1 fully saturated rings. The minimum absolute atomic E-state index is 0.268. The second-order valence-corrected chi connectivity index (χ2v) is 7.23. The minimum atomic E-state index is 0.268. The van der Waals surface area contributed by atoms with Gasteiger partial charge in [0.25, 0.3) is 0 Å². The van der Waals surface area contributed by atoms with E-state index in [-0.39, 0.29) is 6.10 Å². The van der Waals surface area contributed by atoms with Gasteiger partial charge >= 0.3 is 0 Å². The lowest BCUT2D eigenvalue weighted by atomic mass is 10.2. The highest BCUT2D eigenvalue weighted by atomic mass is 16.5. The zero-order valence-corrected chi connectivity index (χ0v) is 17.8. The fraction of sp³-hybridized carbons (Fsp3) is 0.545. The van der Waals surface area contributed by atoms with E-state index in [4.69, 9.17) is 19.6 Å². The van der Waals surface area contributed by atoms with Crippen LogP contribution in [0, 0.1) is 13.8 Å². The summed E-state index contributed by atoms with van der Waals surface area (Å²) in [7, 11) is 0. The van der Waals surface area contributed by atoms with E-state index in [0.717, 1.165) is 74.4 Å². The molecule has 2 heterocycles. The first-order chi connectivity index (χ1) is 14.2. The van der Waals surface area contributed by atoms with Crippen LogP contribution in [-0.4, -0.2) is 54.8 Å². The molecule has 1 aliphatic heterocycles. The monoisotopic (exact) mass is 399 g/mol. The molecule has 1 saturated heterocycles. The average molecular weight is 400 g/mol. The lowest BCUT2D eigenvalue weighted by Gasteiger charge is -2.13. The zero-order chi connectivity index (χ0) is 20.5. The van der Waals surface area contributed by atoms with Gasteiger partial charge in [-0.3, -0.25) is 0 Å². The highest BCUT2D eigenvalue weighted by Gasteiger charge is 2.15. The van der Waals surface area contributed by atoms with E-state index in [0.29, 0.717) is 6.54 Å². The van der Waals surface area contributed by atoms with Gasteiger partial charge in [0.15, 0.2) is 5.96 Å². The van der Waals surface area contributed by atoms with Crippen molar-refractivity contribution in [2.45, 2.75) is 46.3 Å². The summed E-state index contributed by atoms with van der Waals surface area (Å²) in [6, 6.07) is 10.2. The fourth-order valence-corrected chi connectivity index (χ4v) is 3.40. The van der Waals surface area contributed by atoms with Crippen LogP contribution in [0.25, 0.3) is 5.69 Å². The van der Waals surface area contributed by atoms with Gasteiger partial charge in [0.2, 0.25) is 0 Å². The number of aromatic nitrogens is 2. The van der Waals surface area contributed by atoms with Crippen molar-refractivity contribution < 1.29 is 9.47 Å². The van der Waals surface area contributed by atoms with Crippen LogP contribution < -0.4 is 10.6 Å². The summed E-state index contributed by atoms with van der Waals surface area (Å²) < 4.78 is 13.1. The molecule has 0 bridgehead atoms. The van der Waals surface area contributed by atoms with Crippen LogP contribution in [0.5, 0.6) is 0 Å². The fourth-order valence-electron chi connectivity index (χ4n) is 3.40. The summed E-state index contributed by atoms with van der Waals surface area (Å²) >= 11 is 0. The van der Waals surface area contributed by atoms with Crippen molar-refractivity contribution in [1.29, 1.82) is 0 Å². The van der Waals surface area contributed by atoms with Crippen LogP contribution in [0.15, 0.2) is 35.3 Å². The maximum absolute atomic E-state index is 5.81. The number of guanidine groups is 1. The molecule has 2 N–H and O–H groups in total. The quantitative estimate of drug-likeness (QED) is 0.385. The Morgan fingerprint density at radius 1 is 1.28 bits per heavy atom. The first kappa shape index (κ1) is 21.3. The Labute approximate surface area is 173 Å². The van der Waals surface area contributed by atoms with Crippen molar-refractivity contribution in [3.8, 4) is 5.69 Å². The molecule has 1 aliphatic rings. The third-order valence-electron chi connectivity index (χ3n) is 5.04. The molecule has 7 nitrogen and oxygen atoms in total. The first-order valence-corrected chi connectivity index (χ1v) is 10.5. The molecule has 1 aromatic carbocycles. The molecule has 158 valence electrons. The number of benzene rings is 1. The number of nitrogens with zero attached hydrogens (tertiary/aromatic N) is 3. The molecule has 29 heavy (non-hydrogen) atoms. The maximum Gasteiger partial charge on any atom is 0.191 e. The van der Waals surface area contributed by atoms with Gasteiger partial charge in [-0.1, -0.05) is 18.2 Å². The van der Waals surface area contributed by atoms with E-state index in [1.54, 1.807) is 0 Å². The van der Waals surface area contributed by atoms with Gasteiger partial charge in [-0.25, -0.2) is 9.67 Å². The maximum atomic E-state index is 5.81. The van der Waals surface area contributed by atoms with Gasteiger partial charge < -0.3 is 20.1 Å². The Balaban J connectivity index is 1.54. The molecular weight excluding hydrogens is 366 g/mol. The Kier molecular flexibility index (Phi) is 8.07. The third kappa shape index (κ3) is 6.05. The van der Waals surface area contributed by atoms with Crippen molar-refractivity contribution in [1.82, 2.24) is 20.4 Å². The van der Waals surface area contributed by atoms with Gasteiger partial charge in [-0.05, 0) is 45.7 Å². The molecule has 0 spiro atoms. The third-order valence-corrected chi connectivity index (χ3v) is 5.04. The molecular formula is C22H33N5O2. The summed E-state index contributed by atoms with van der Waals surface area (Å²) in [5.41, 5.74) is 4.37. The molecule has 0 radical (unpaired) electrons. The van der Waals surface area contributed by atoms with Crippen LogP contribution >= 0.6 is 0 Å². The first-order valence-electron chi connectivity index (χ1n) is 10.5. The number of aryl methyl sites for hydroxylation is 1. The van der Waals surface area contributed by atoms with Gasteiger partial charge in [0.1, 0.15) is 0 Å². The van der Waals surface area contributed by atoms with Crippen LogP contribution in [0.1, 0.15) is 36.7 Å². The smallest absolute Gasteiger partial charge is 0.191 e. The number of rotatable bonds is 9. The van der Waals surface area contributed by atoms with Crippen molar-refractivity contribution >= 4 is 5.96 Å². The minimum Gasteiger partial charge on any atom is -0.379 e. The molecule has 3 rings (SSSR count). The van der Waals surface area contributed by atoms with Gasteiger partial charge in [-0.2, -0.15) is 5.10 Å². The second kappa shape index (κ2) is 11.0. The summed E-state index contributed by atoms with van der Waals surface area (Å²) in [5, 5.41) is 11.4. The summed E-state index contributed by atoms with van der Waals surface area (Å²) in [5.74, 6) is 0.822. The van der Waals surface area contributed by atoms with E-state index in [2.05, 4.69) is 36.6 Å². The van der Waals surface area contributed by atoms with Crippen molar-refractivity contribution in [3.63, 3.8) is 0 Å². The van der Waals surface area contributed by atoms with E-state index in [1.165, 1.54) is 0 Å². The normalized spacial score (nSPS) is 16.9. The lowest BCUT2D eigenvalue weighted by Crippen LogP contribution is -2.38. The molecule has 7 heteroatoms. The Bertz CT molecular complexity index is 782. The van der Waals surface area contributed by atoms with Crippen molar-refractivity contribution in [2.75, 3.05) is 32.9 Å². The van der Waals surface area contributed by atoms with Crippen LogP contribution in [-0.2, 0) is 16.0 Å². The van der Waals surface area contributed by atoms with Gasteiger partial charge in [0.05, 0.1) is 30.6 Å². The topological polar surface area (TPSA) is 72.7 Å². The summed E-state index contributed by atoms with van der Waals surface area (Å²) in [6.07, 6.45) is 2.21. The Morgan fingerprint density at radius 3 is 2.83 bits per heavy atom. The lowest BCUT2D eigenvalue weighted by molar-refractivity contribution is 0.0420. The predicted molar refractivity (Wildman–Crippen MR) is 116 cm³/mol. The van der Waals surface area contributed by atoms with Gasteiger partial charge in [0, 0.05) is 37.6 Å². The van der Waals surface area contributed by atoms with E-state index in [1.807, 2.05) is 29.8 Å².